The van der Waals surface area contributed by atoms with Crippen LogP contribution in [0.2, 0.25) is 0 Å². The van der Waals surface area contributed by atoms with Gasteiger partial charge in [-0.15, -0.1) is 0 Å². The molecule has 1 heterocycles. The molecule has 0 unspecified atom stereocenters. The van der Waals surface area contributed by atoms with Crippen molar-refractivity contribution in [2.45, 2.75) is 39.5 Å². The summed E-state index contributed by atoms with van der Waals surface area (Å²) in [6.07, 6.45) is 3.83. The number of aryl methyl sites for hydroxylation is 1. The van der Waals surface area contributed by atoms with Crippen LogP contribution in [-0.2, 0) is 14.9 Å². The maximum absolute atomic E-state index is 12.1. The summed E-state index contributed by atoms with van der Waals surface area (Å²) in [5.74, 6) is 0.226. The van der Waals surface area contributed by atoms with Gasteiger partial charge in [0.1, 0.15) is 11.5 Å². The molecule has 0 spiro atoms. The molecule has 0 radical (unpaired) electrons. The van der Waals surface area contributed by atoms with Gasteiger partial charge in [0, 0.05) is 11.9 Å². The molecule has 0 saturated heterocycles. The molecule has 0 aliphatic rings. The van der Waals surface area contributed by atoms with Crippen LogP contribution in [0.4, 0.5) is 5.69 Å². The van der Waals surface area contributed by atoms with Crippen LogP contribution in [0.1, 0.15) is 48.9 Å². The Morgan fingerprint density at radius 2 is 1.56 bits per heavy atom. The van der Waals surface area contributed by atoms with Gasteiger partial charge in [0.05, 0.1) is 11.9 Å². The topological polar surface area (TPSA) is 90.4 Å². The molecular weight excluding hydrogens is 406 g/mol. The predicted molar refractivity (Wildman–Crippen MR) is 122 cm³/mol. The van der Waals surface area contributed by atoms with Crippen molar-refractivity contribution in [2.24, 2.45) is 0 Å². The van der Waals surface area contributed by atoms with Crippen LogP contribution in [0.25, 0.3) is 0 Å². The minimum absolute atomic E-state index is 0.0520. The Kier molecular flexibility index (Phi) is 7.20. The smallest absolute Gasteiger partial charge is 0.359 e. The Morgan fingerprint density at radius 3 is 2.12 bits per heavy atom. The van der Waals surface area contributed by atoms with Crippen LogP contribution in [0.5, 0.6) is 11.5 Å². The number of carbonyl (C=O) groups excluding carboxylic acids is 2. The Bertz CT molecular complexity index is 1060. The summed E-state index contributed by atoms with van der Waals surface area (Å²) in [4.78, 5) is 31.9. The second-order valence-corrected chi connectivity index (χ2v) is 8.06. The SMILES string of the molecule is CCC(C)(C)c1ccc(Oc2ccc(NC(=O)COC(=O)c3cnc(C)cn3)cc2)cc1. The zero-order valence-electron chi connectivity index (χ0n) is 18.7. The number of nitrogens with zero attached hydrogens (tertiary/aromatic N) is 2. The average molecular weight is 434 g/mol. The molecule has 3 aromatic rings. The van der Waals surface area contributed by atoms with Crippen LogP contribution < -0.4 is 10.1 Å². The van der Waals surface area contributed by atoms with Crippen molar-refractivity contribution < 1.29 is 19.1 Å². The fourth-order valence-electron chi connectivity index (χ4n) is 2.82. The maximum Gasteiger partial charge on any atom is 0.359 e. The van der Waals surface area contributed by atoms with Crippen LogP contribution >= 0.6 is 0 Å². The van der Waals surface area contributed by atoms with Gasteiger partial charge < -0.3 is 14.8 Å². The number of anilines is 1. The third-order valence-electron chi connectivity index (χ3n) is 5.22. The van der Waals surface area contributed by atoms with E-state index in [-0.39, 0.29) is 11.1 Å². The minimum atomic E-state index is -0.704. The first-order chi connectivity index (χ1) is 15.3. The first-order valence-corrected chi connectivity index (χ1v) is 10.4. The Hall–Kier alpha value is -3.74. The molecule has 7 heteroatoms. The number of ether oxygens (including phenoxy) is 2. The largest absolute Gasteiger partial charge is 0.457 e. The van der Waals surface area contributed by atoms with Gasteiger partial charge in [0.15, 0.2) is 12.3 Å². The van der Waals surface area contributed by atoms with Gasteiger partial charge in [-0.2, -0.15) is 0 Å². The van der Waals surface area contributed by atoms with E-state index in [1.54, 1.807) is 31.2 Å². The number of esters is 1. The highest BCUT2D eigenvalue weighted by Crippen LogP contribution is 2.29. The lowest BCUT2D eigenvalue weighted by Gasteiger charge is -2.23. The second-order valence-electron chi connectivity index (χ2n) is 8.06. The molecule has 2 aromatic carbocycles. The predicted octanol–water partition coefficient (Wildman–Crippen LogP) is 5.06. The molecule has 3 rings (SSSR count). The first kappa shape index (κ1) is 22.9. The van der Waals surface area contributed by atoms with E-state index in [0.717, 1.165) is 12.2 Å². The molecule has 1 aromatic heterocycles. The van der Waals surface area contributed by atoms with Crippen molar-refractivity contribution in [3.8, 4) is 11.5 Å². The van der Waals surface area contributed by atoms with E-state index in [1.165, 1.54) is 18.0 Å². The summed E-state index contributed by atoms with van der Waals surface area (Å²) < 4.78 is 10.8. The number of benzene rings is 2. The summed E-state index contributed by atoms with van der Waals surface area (Å²) in [5, 5.41) is 2.67. The van der Waals surface area contributed by atoms with Crippen molar-refractivity contribution in [2.75, 3.05) is 11.9 Å². The standard InChI is InChI=1S/C25H27N3O4/c1-5-25(3,4)18-6-10-20(11-7-18)32-21-12-8-19(9-13-21)28-23(29)16-31-24(30)22-15-26-17(2)14-27-22/h6-15H,5,16H2,1-4H3,(H,28,29). The van der Waals surface area contributed by atoms with Gasteiger partial charge in [-0.3, -0.25) is 9.78 Å². The Morgan fingerprint density at radius 1 is 0.938 bits per heavy atom. The lowest BCUT2D eigenvalue weighted by atomic mass is 9.82. The number of amides is 1. The minimum Gasteiger partial charge on any atom is -0.457 e. The average Bonchev–Trinajstić information content (AvgIpc) is 2.79. The van der Waals surface area contributed by atoms with E-state index < -0.39 is 18.5 Å². The fraction of sp³-hybridized carbons (Fsp3) is 0.280. The summed E-state index contributed by atoms with van der Waals surface area (Å²) in [7, 11) is 0. The van der Waals surface area contributed by atoms with Gasteiger partial charge in [-0.05, 0) is 60.7 Å². The van der Waals surface area contributed by atoms with Crippen molar-refractivity contribution in [3.63, 3.8) is 0 Å². The highest BCUT2D eigenvalue weighted by Gasteiger charge is 2.17. The quantitative estimate of drug-likeness (QED) is 0.499. The molecule has 0 bridgehead atoms. The molecule has 0 aliphatic heterocycles. The lowest BCUT2D eigenvalue weighted by molar-refractivity contribution is -0.119. The highest BCUT2D eigenvalue weighted by molar-refractivity contribution is 5.94. The molecular formula is C25H27N3O4. The number of rotatable bonds is 8. The summed E-state index contributed by atoms with van der Waals surface area (Å²) in [5.41, 5.74) is 2.69. The van der Waals surface area contributed by atoms with Gasteiger partial charge in [0.25, 0.3) is 5.91 Å². The summed E-state index contributed by atoms with van der Waals surface area (Å²) >= 11 is 0. The Balaban J connectivity index is 1.50. The summed E-state index contributed by atoms with van der Waals surface area (Å²) in [6, 6.07) is 15.0. The van der Waals surface area contributed by atoms with Gasteiger partial charge in [-0.1, -0.05) is 32.9 Å². The van der Waals surface area contributed by atoms with Crippen molar-refractivity contribution >= 4 is 17.6 Å². The van der Waals surface area contributed by atoms with Gasteiger partial charge in [0.2, 0.25) is 0 Å². The van der Waals surface area contributed by atoms with Crippen molar-refractivity contribution in [3.05, 3.63) is 77.9 Å². The molecule has 32 heavy (non-hydrogen) atoms. The third kappa shape index (κ3) is 6.14. The van der Waals surface area contributed by atoms with E-state index in [2.05, 4.69) is 48.2 Å². The number of aromatic nitrogens is 2. The van der Waals surface area contributed by atoms with E-state index >= 15 is 0 Å². The van der Waals surface area contributed by atoms with Crippen molar-refractivity contribution in [1.29, 1.82) is 0 Å². The molecule has 1 amide bonds. The molecule has 166 valence electrons. The monoisotopic (exact) mass is 433 g/mol. The lowest BCUT2D eigenvalue weighted by Crippen LogP contribution is -2.21. The molecule has 0 atom stereocenters. The second kappa shape index (κ2) is 10.0. The van der Waals surface area contributed by atoms with E-state index in [9.17, 15) is 9.59 Å². The third-order valence-corrected chi connectivity index (χ3v) is 5.22. The molecule has 0 aliphatic carbocycles. The van der Waals surface area contributed by atoms with Crippen LogP contribution in [0, 0.1) is 6.92 Å². The van der Waals surface area contributed by atoms with Crippen LogP contribution in [0.3, 0.4) is 0 Å². The first-order valence-electron chi connectivity index (χ1n) is 10.4. The normalized spacial score (nSPS) is 11.0. The zero-order chi connectivity index (χ0) is 23.1. The maximum atomic E-state index is 12.1. The number of nitrogens with one attached hydrogen (secondary N) is 1. The highest BCUT2D eigenvalue weighted by atomic mass is 16.5. The zero-order valence-corrected chi connectivity index (χ0v) is 18.7. The van der Waals surface area contributed by atoms with Crippen molar-refractivity contribution in [1.82, 2.24) is 9.97 Å². The molecule has 7 nitrogen and oxygen atoms in total. The summed E-state index contributed by atoms with van der Waals surface area (Å²) in [6.45, 7) is 7.94. The Labute approximate surface area is 187 Å². The number of hydrogen-bond acceptors (Lipinski definition) is 6. The van der Waals surface area contributed by atoms with E-state index in [0.29, 0.717) is 17.1 Å². The molecule has 0 fully saturated rings. The number of carbonyl (C=O) groups is 2. The molecule has 0 saturated carbocycles. The van der Waals surface area contributed by atoms with Crippen LogP contribution in [0.15, 0.2) is 60.9 Å². The van der Waals surface area contributed by atoms with E-state index in [4.69, 9.17) is 9.47 Å². The van der Waals surface area contributed by atoms with Gasteiger partial charge in [-0.25, -0.2) is 9.78 Å². The van der Waals surface area contributed by atoms with Gasteiger partial charge >= 0.3 is 5.97 Å². The fourth-order valence-corrected chi connectivity index (χ4v) is 2.82. The molecule has 1 N–H and O–H groups in total. The van der Waals surface area contributed by atoms with Crippen LogP contribution in [-0.4, -0.2) is 28.5 Å². The van der Waals surface area contributed by atoms with E-state index in [1.807, 2.05) is 12.1 Å². The number of hydrogen-bond donors (Lipinski definition) is 1.